The second kappa shape index (κ2) is 3.93. The number of aromatic nitrogens is 3. The number of hydrogen-bond acceptors (Lipinski definition) is 3. The van der Waals surface area contributed by atoms with Gasteiger partial charge in [0.05, 0.1) is 0 Å². The molecule has 1 aromatic heterocycles. The van der Waals surface area contributed by atoms with Gasteiger partial charge in [-0.3, -0.25) is 5.10 Å². The van der Waals surface area contributed by atoms with Crippen molar-refractivity contribution in [1.29, 1.82) is 0 Å². The first-order valence-electron chi connectivity index (χ1n) is 5.71. The lowest BCUT2D eigenvalue weighted by molar-refractivity contribution is 0.242. The Balaban J connectivity index is 2.17. The van der Waals surface area contributed by atoms with E-state index >= 15 is 0 Å². The van der Waals surface area contributed by atoms with Crippen LogP contribution in [0.3, 0.4) is 0 Å². The summed E-state index contributed by atoms with van der Waals surface area (Å²) >= 11 is 0. The molecule has 0 saturated carbocycles. The molecule has 1 aliphatic rings. The van der Waals surface area contributed by atoms with Crippen LogP contribution in [0, 0.1) is 12.8 Å². The van der Waals surface area contributed by atoms with Gasteiger partial charge < -0.3 is 5.32 Å². The third-order valence-corrected chi connectivity index (χ3v) is 3.49. The van der Waals surface area contributed by atoms with Gasteiger partial charge in [0, 0.05) is 5.41 Å². The summed E-state index contributed by atoms with van der Waals surface area (Å²) in [5.74, 6) is 2.50. The summed E-state index contributed by atoms with van der Waals surface area (Å²) in [7, 11) is 0. The van der Waals surface area contributed by atoms with E-state index in [0.29, 0.717) is 5.92 Å². The number of nitrogens with zero attached hydrogens (tertiary/aromatic N) is 2. The fourth-order valence-corrected chi connectivity index (χ4v) is 2.28. The first-order valence-corrected chi connectivity index (χ1v) is 5.71. The molecule has 1 atom stereocenters. The Kier molecular flexibility index (Phi) is 2.78. The SMILES string of the molecule is Cc1nc(C(C)(C)C2CCCNC2)n[nH]1. The summed E-state index contributed by atoms with van der Waals surface area (Å²) in [5.41, 5.74) is 0.0676. The molecule has 2 rings (SSSR count). The largest absolute Gasteiger partial charge is 0.316 e. The molecule has 15 heavy (non-hydrogen) atoms. The average molecular weight is 208 g/mol. The number of nitrogens with one attached hydrogen (secondary N) is 2. The van der Waals surface area contributed by atoms with E-state index in [-0.39, 0.29) is 5.41 Å². The van der Waals surface area contributed by atoms with Crippen LogP contribution in [0.5, 0.6) is 0 Å². The number of aromatic amines is 1. The molecular weight excluding hydrogens is 188 g/mol. The van der Waals surface area contributed by atoms with E-state index in [9.17, 15) is 0 Å². The van der Waals surface area contributed by atoms with Crippen molar-refractivity contribution in [2.45, 2.75) is 39.0 Å². The highest BCUT2D eigenvalue weighted by Gasteiger charge is 2.35. The van der Waals surface area contributed by atoms with Gasteiger partial charge in [0.15, 0.2) is 5.82 Å². The van der Waals surface area contributed by atoms with Crippen LogP contribution in [0.2, 0.25) is 0 Å². The van der Waals surface area contributed by atoms with Crippen LogP contribution in [-0.2, 0) is 5.41 Å². The Bertz CT molecular complexity index is 323. The van der Waals surface area contributed by atoms with Gasteiger partial charge in [0.25, 0.3) is 0 Å². The van der Waals surface area contributed by atoms with E-state index in [0.717, 1.165) is 24.7 Å². The van der Waals surface area contributed by atoms with Crippen molar-refractivity contribution in [1.82, 2.24) is 20.5 Å². The lowest BCUT2D eigenvalue weighted by atomic mass is 9.74. The monoisotopic (exact) mass is 208 g/mol. The normalized spacial score (nSPS) is 23.0. The maximum Gasteiger partial charge on any atom is 0.156 e. The van der Waals surface area contributed by atoms with Crippen molar-refractivity contribution in [2.75, 3.05) is 13.1 Å². The summed E-state index contributed by atoms with van der Waals surface area (Å²) < 4.78 is 0. The van der Waals surface area contributed by atoms with Crippen LogP contribution in [0.4, 0.5) is 0 Å². The van der Waals surface area contributed by atoms with Gasteiger partial charge >= 0.3 is 0 Å². The van der Waals surface area contributed by atoms with Crippen molar-refractivity contribution in [2.24, 2.45) is 5.92 Å². The molecule has 4 heteroatoms. The molecule has 0 spiro atoms. The minimum absolute atomic E-state index is 0.0676. The maximum absolute atomic E-state index is 4.46. The van der Waals surface area contributed by atoms with E-state index in [1.54, 1.807) is 0 Å². The fraction of sp³-hybridized carbons (Fsp3) is 0.818. The van der Waals surface area contributed by atoms with Gasteiger partial charge in [-0.1, -0.05) is 13.8 Å². The Hall–Kier alpha value is -0.900. The predicted molar refractivity (Wildman–Crippen MR) is 59.7 cm³/mol. The molecule has 0 bridgehead atoms. The van der Waals surface area contributed by atoms with Crippen LogP contribution < -0.4 is 5.32 Å². The Morgan fingerprint density at radius 3 is 2.73 bits per heavy atom. The van der Waals surface area contributed by atoms with Crippen molar-refractivity contribution in [3.05, 3.63) is 11.6 Å². The van der Waals surface area contributed by atoms with Crippen LogP contribution >= 0.6 is 0 Å². The standard InChI is InChI=1S/C11H20N4/c1-8-13-10(15-14-8)11(2,3)9-5-4-6-12-7-9/h9,12H,4-7H2,1-3H3,(H,13,14,15). The summed E-state index contributed by atoms with van der Waals surface area (Å²) in [6.45, 7) is 8.67. The molecule has 1 unspecified atom stereocenters. The van der Waals surface area contributed by atoms with Gasteiger partial charge in [0.2, 0.25) is 0 Å². The van der Waals surface area contributed by atoms with Gasteiger partial charge in [0.1, 0.15) is 5.82 Å². The van der Waals surface area contributed by atoms with E-state index in [2.05, 4.69) is 34.3 Å². The van der Waals surface area contributed by atoms with E-state index in [4.69, 9.17) is 0 Å². The van der Waals surface area contributed by atoms with E-state index in [1.807, 2.05) is 6.92 Å². The lowest BCUT2D eigenvalue weighted by Gasteiger charge is -2.35. The van der Waals surface area contributed by atoms with Crippen molar-refractivity contribution < 1.29 is 0 Å². The smallest absolute Gasteiger partial charge is 0.156 e. The second-order valence-electron chi connectivity index (χ2n) is 5.01. The number of H-pyrrole nitrogens is 1. The Morgan fingerprint density at radius 1 is 1.40 bits per heavy atom. The number of rotatable bonds is 2. The fourth-order valence-electron chi connectivity index (χ4n) is 2.28. The summed E-state index contributed by atoms with van der Waals surface area (Å²) in [6, 6.07) is 0. The average Bonchev–Trinajstić information content (AvgIpc) is 2.67. The number of aryl methyl sites for hydroxylation is 1. The molecule has 0 aromatic carbocycles. The molecule has 0 radical (unpaired) electrons. The molecule has 4 nitrogen and oxygen atoms in total. The quantitative estimate of drug-likeness (QED) is 0.772. The summed E-state index contributed by atoms with van der Waals surface area (Å²) in [4.78, 5) is 4.46. The van der Waals surface area contributed by atoms with Crippen molar-refractivity contribution >= 4 is 0 Å². The van der Waals surface area contributed by atoms with E-state index < -0.39 is 0 Å². The van der Waals surface area contributed by atoms with Crippen LogP contribution in [0.25, 0.3) is 0 Å². The number of piperidine rings is 1. The second-order valence-corrected chi connectivity index (χ2v) is 5.01. The molecule has 1 fully saturated rings. The minimum Gasteiger partial charge on any atom is -0.316 e. The van der Waals surface area contributed by atoms with E-state index in [1.165, 1.54) is 12.8 Å². The zero-order valence-electron chi connectivity index (χ0n) is 9.80. The molecule has 0 aliphatic carbocycles. The molecule has 1 aliphatic heterocycles. The van der Waals surface area contributed by atoms with Crippen molar-refractivity contribution in [3.63, 3.8) is 0 Å². The predicted octanol–water partition coefficient (Wildman–Crippen LogP) is 1.39. The zero-order chi connectivity index (χ0) is 10.9. The third kappa shape index (κ3) is 2.04. The summed E-state index contributed by atoms with van der Waals surface area (Å²) in [6.07, 6.45) is 2.53. The van der Waals surface area contributed by atoms with Crippen molar-refractivity contribution in [3.8, 4) is 0 Å². The van der Waals surface area contributed by atoms with Gasteiger partial charge in [-0.05, 0) is 38.8 Å². The molecule has 1 aromatic rings. The molecule has 0 amide bonds. The topological polar surface area (TPSA) is 53.6 Å². The number of hydrogen-bond donors (Lipinski definition) is 2. The highest BCUT2D eigenvalue weighted by atomic mass is 15.2. The van der Waals surface area contributed by atoms with Gasteiger partial charge in [-0.25, -0.2) is 4.98 Å². The zero-order valence-corrected chi connectivity index (χ0v) is 9.80. The molecular formula is C11H20N4. The Morgan fingerprint density at radius 2 is 2.20 bits per heavy atom. The first-order chi connectivity index (χ1) is 7.10. The maximum atomic E-state index is 4.46. The van der Waals surface area contributed by atoms with Gasteiger partial charge in [-0.2, -0.15) is 5.10 Å². The molecule has 84 valence electrons. The Labute approximate surface area is 90.9 Å². The summed E-state index contributed by atoms with van der Waals surface area (Å²) in [5, 5.41) is 10.7. The minimum atomic E-state index is 0.0676. The molecule has 2 heterocycles. The first kappa shape index (κ1) is 10.6. The van der Waals surface area contributed by atoms with Gasteiger partial charge in [-0.15, -0.1) is 0 Å². The lowest BCUT2D eigenvalue weighted by Crippen LogP contribution is -2.41. The van der Waals surface area contributed by atoms with Crippen LogP contribution in [0.1, 0.15) is 38.3 Å². The molecule has 1 saturated heterocycles. The third-order valence-electron chi connectivity index (χ3n) is 3.49. The molecule has 2 N–H and O–H groups in total. The highest BCUT2D eigenvalue weighted by molar-refractivity contribution is 5.07. The highest BCUT2D eigenvalue weighted by Crippen LogP contribution is 2.33. The van der Waals surface area contributed by atoms with Crippen LogP contribution in [0.15, 0.2) is 0 Å². The van der Waals surface area contributed by atoms with Crippen LogP contribution in [-0.4, -0.2) is 28.3 Å².